The molecule has 2 nitrogen and oxygen atoms in total. The monoisotopic (exact) mass is 574 g/mol. The van der Waals surface area contributed by atoms with Crippen molar-refractivity contribution in [2.24, 2.45) is 0 Å². The van der Waals surface area contributed by atoms with E-state index in [1.807, 2.05) is 6.07 Å². The third-order valence-electron chi connectivity index (χ3n) is 7.87. The zero-order valence-electron chi connectivity index (χ0n) is 25.7. The number of hydrogen-bond donors (Lipinski definition) is 2. The van der Waals surface area contributed by atoms with Crippen molar-refractivity contribution in [3.63, 3.8) is 0 Å². The van der Waals surface area contributed by atoms with Crippen LogP contribution in [0.2, 0.25) is 0 Å². The second-order valence-electron chi connectivity index (χ2n) is 11.1. The molecular weight excluding hydrogens is 532 g/mol. The number of nitrogens with one attached hydrogen (secondary N) is 2. The van der Waals surface area contributed by atoms with Crippen molar-refractivity contribution >= 4 is 33.7 Å². The highest BCUT2D eigenvalue weighted by Gasteiger charge is 2.07. The average Bonchev–Trinajstić information content (AvgIpc) is 3.09. The van der Waals surface area contributed by atoms with E-state index in [1.165, 1.54) is 43.8 Å². The maximum absolute atomic E-state index is 3.57. The van der Waals surface area contributed by atoms with Crippen molar-refractivity contribution in [3.05, 3.63) is 180 Å². The fraction of sp³-hybridized carbons (Fsp3) is 0.143. The van der Waals surface area contributed by atoms with Crippen LogP contribution in [0.4, 0.5) is 0 Å². The molecule has 2 atom stereocenters. The molecule has 0 radical (unpaired) electrons. The molecule has 0 aliphatic heterocycles. The Kier molecular flexibility index (Phi) is 11.3. The Bertz CT molecular complexity index is 1780. The summed E-state index contributed by atoms with van der Waals surface area (Å²) >= 11 is 0. The summed E-state index contributed by atoms with van der Waals surface area (Å²) in [5, 5.41) is 12.3. The van der Waals surface area contributed by atoms with Gasteiger partial charge in [-0.25, -0.2) is 0 Å². The first-order valence-electron chi connectivity index (χ1n) is 15.5. The molecule has 0 unspecified atom stereocenters. The van der Waals surface area contributed by atoms with Gasteiger partial charge in [0.15, 0.2) is 0 Å². The van der Waals surface area contributed by atoms with Crippen molar-refractivity contribution in [2.45, 2.75) is 25.9 Å². The molecule has 6 rings (SSSR count). The molecule has 0 spiro atoms. The van der Waals surface area contributed by atoms with Crippen molar-refractivity contribution in [1.82, 2.24) is 10.6 Å². The third kappa shape index (κ3) is 8.87. The molecule has 0 heterocycles. The summed E-state index contributed by atoms with van der Waals surface area (Å²) in [4.78, 5) is 0. The maximum atomic E-state index is 3.57. The summed E-state index contributed by atoms with van der Waals surface area (Å²) in [5.74, 6) is 0. The van der Waals surface area contributed by atoms with Gasteiger partial charge in [0.2, 0.25) is 0 Å². The standard InChI is InChI=1S/2C21H21N/c1-17(22-16-8-11-18-9-3-2-4-10-18)20-15-7-13-19-12-5-6-14-21(19)20;1-17(19-9-3-2-4-10-19)22-15-7-8-18-13-14-20-11-5-6-12-21(20)16-18/h2-15,17,22H,16H2,1H3;2-14,16-17,22H,15H2,1H3/b11-8+;8-7+/t2*17-/m11/s1. The van der Waals surface area contributed by atoms with E-state index in [0.29, 0.717) is 12.1 Å². The SMILES string of the molecule is C[C@@H](NC/C=C/c1ccc2ccccc2c1)c1ccccc1.C[C@@H](NC/C=C/c1ccccc1)c1cccc2ccccc12. The number of fused-ring (bicyclic) bond motifs is 2. The van der Waals surface area contributed by atoms with E-state index in [0.717, 1.165) is 13.1 Å². The summed E-state index contributed by atoms with van der Waals surface area (Å²) in [6.07, 6.45) is 8.69. The highest BCUT2D eigenvalue weighted by Crippen LogP contribution is 2.24. The van der Waals surface area contributed by atoms with Crippen molar-refractivity contribution in [1.29, 1.82) is 0 Å². The molecule has 0 aromatic heterocycles. The Morgan fingerprint density at radius 3 is 1.80 bits per heavy atom. The Hall–Kier alpha value is -4.76. The molecule has 220 valence electrons. The normalized spacial score (nSPS) is 12.8. The highest BCUT2D eigenvalue weighted by molar-refractivity contribution is 5.86. The van der Waals surface area contributed by atoms with E-state index in [4.69, 9.17) is 0 Å². The lowest BCUT2D eigenvalue weighted by Crippen LogP contribution is -2.18. The van der Waals surface area contributed by atoms with Gasteiger partial charge in [-0.1, -0.05) is 164 Å². The zero-order valence-corrected chi connectivity index (χ0v) is 25.7. The van der Waals surface area contributed by atoms with Crippen LogP contribution < -0.4 is 10.6 Å². The van der Waals surface area contributed by atoms with Gasteiger partial charge in [0.1, 0.15) is 0 Å². The van der Waals surface area contributed by atoms with Gasteiger partial charge in [-0.2, -0.15) is 0 Å². The Labute approximate surface area is 262 Å². The number of rotatable bonds is 10. The van der Waals surface area contributed by atoms with Crippen LogP contribution in [0.3, 0.4) is 0 Å². The van der Waals surface area contributed by atoms with Gasteiger partial charge in [-0.15, -0.1) is 0 Å². The summed E-state index contributed by atoms with van der Waals surface area (Å²) < 4.78 is 0. The molecule has 0 aliphatic carbocycles. The fourth-order valence-corrected chi connectivity index (χ4v) is 5.35. The number of hydrogen-bond acceptors (Lipinski definition) is 2. The first kappa shape index (κ1) is 30.7. The molecule has 6 aromatic carbocycles. The van der Waals surface area contributed by atoms with Crippen LogP contribution in [-0.4, -0.2) is 13.1 Å². The predicted molar refractivity (Wildman–Crippen MR) is 192 cm³/mol. The molecule has 44 heavy (non-hydrogen) atoms. The zero-order chi connectivity index (χ0) is 30.4. The van der Waals surface area contributed by atoms with Crippen LogP contribution in [0.1, 0.15) is 48.2 Å². The number of benzene rings is 6. The molecular formula is C42H42N2. The van der Waals surface area contributed by atoms with Crippen LogP contribution in [0.5, 0.6) is 0 Å². The van der Waals surface area contributed by atoms with Crippen LogP contribution in [0.15, 0.2) is 158 Å². The molecule has 0 amide bonds. The summed E-state index contributed by atoms with van der Waals surface area (Å²) in [5.41, 5.74) is 5.16. The lowest BCUT2D eigenvalue weighted by molar-refractivity contribution is 0.618. The lowest BCUT2D eigenvalue weighted by atomic mass is 10.00. The molecule has 6 aromatic rings. The van der Waals surface area contributed by atoms with E-state index >= 15 is 0 Å². The average molecular weight is 575 g/mol. The van der Waals surface area contributed by atoms with Gasteiger partial charge in [-0.05, 0) is 63.7 Å². The van der Waals surface area contributed by atoms with E-state index < -0.39 is 0 Å². The Balaban J connectivity index is 0.000000175. The minimum atomic E-state index is 0.325. The topological polar surface area (TPSA) is 24.1 Å². The summed E-state index contributed by atoms with van der Waals surface area (Å²) in [6, 6.07) is 51.7. The summed E-state index contributed by atoms with van der Waals surface area (Å²) in [6.45, 7) is 6.14. The lowest BCUT2D eigenvalue weighted by Gasteiger charge is -2.15. The first-order chi connectivity index (χ1) is 21.7. The molecule has 0 bridgehead atoms. The van der Waals surface area contributed by atoms with Crippen molar-refractivity contribution < 1.29 is 0 Å². The highest BCUT2D eigenvalue weighted by atomic mass is 14.9. The minimum Gasteiger partial charge on any atom is -0.307 e. The predicted octanol–water partition coefficient (Wildman–Crippen LogP) is 10.4. The minimum absolute atomic E-state index is 0.325. The van der Waals surface area contributed by atoms with Crippen LogP contribution >= 0.6 is 0 Å². The second kappa shape index (κ2) is 16.2. The van der Waals surface area contributed by atoms with Gasteiger partial charge in [0, 0.05) is 25.2 Å². The van der Waals surface area contributed by atoms with Crippen molar-refractivity contribution in [2.75, 3.05) is 13.1 Å². The van der Waals surface area contributed by atoms with Gasteiger partial charge in [-0.3, -0.25) is 0 Å². The second-order valence-corrected chi connectivity index (χ2v) is 11.1. The largest absolute Gasteiger partial charge is 0.307 e. The first-order valence-corrected chi connectivity index (χ1v) is 15.5. The molecule has 0 saturated heterocycles. The molecule has 0 fully saturated rings. The van der Waals surface area contributed by atoms with Crippen molar-refractivity contribution in [3.8, 4) is 0 Å². The van der Waals surface area contributed by atoms with Gasteiger partial charge >= 0.3 is 0 Å². The van der Waals surface area contributed by atoms with E-state index in [-0.39, 0.29) is 0 Å². The van der Waals surface area contributed by atoms with Gasteiger partial charge in [0.25, 0.3) is 0 Å². The van der Waals surface area contributed by atoms with Gasteiger partial charge in [0.05, 0.1) is 0 Å². The van der Waals surface area contributed by atoms with Crippen LogP contribution in [0, 0.1) is 0 Å². The smallest absolute Gasteiger partial charge is 0.0300 e. The molecule has 0 aliphatic rings. The quantitative estimate of drug-likeness (QED) is 0.170. The van der Waals surface area contributed by atoms with Crippen LogP contribution in [0.25, 0.3) is 33.7 Å². The van der Waals surface area contributed by atoms with E-state index in [1.54, 1.807) is 0 Å². The Morgan fingerprint density at radius 2 is 1.05 bits per heavy atom. The Morgan fingerprint density at radius 1 is 0.477 bits per heavy atom. The molecule has 0 saturated carbocycles. The van der Waals surface area contributed by atoms with Gasteiger partial charge < -0.3 is 10.6 Å². The molecule has 2 N–H and O–H groups in total. The van der Waals surface area contributed by atoms with E-state index in [9.17, 15) is 0 Å². The fourth-order valence-electron chi connectivity index (χ4n) is 5.35. The maximum Gasteiger partial charge on any atom is 0.0300 e. The van der Waals surface area contributed by atoms with Crippen LogP contribution in [-0.2, 0) is 0 Å². The van der Waals surface area contributed by atoms with E-state index in [2.05, 4.69) is 188 Å². The third-order valence-corrected chi connectivity index (χ3v) is 7.87. The molecule has 2 heteroatoms. The summed E-state index contributed by atoms with van der Waals surface area (Å²) in [7, 11) is 0.